The van der Waals surface area contributed by atoms with Gasteiger partial charge in [-0.1, -0.05) is 17.7 Å². The molecule has 1 aromatic carbocycles. The van der Waals surface area contributed by atoms with Gasteiger partial charge in [-0.05, 0) is 57.9 Å². The molecule has 1 fully saturated rings. The van der Waals surface area contributed by atoms with Crippen LogP contribution in [0.25, 0.3) is 11.0 Å². The monoisotopic (exact) mass is 483 g/mol. The Morgan fingerprint density at radius 1 is 1.15 bits per heavy atom. The molecule has 0 bridgehead atoms. The summed E-state index contributed by atoms with van der Waals surface area (Å²) in [5.41, 5.74) is 2.15. The van der Waals surface area contributed by atoms with Gasteiger partial charge < -0.3 is 15.0 Å². The van der Waals surface area contributed by atoms with Gasteiger partial charge in [-0.15, -0.1) is 0 Å². The Labute approximate surface area is 204 Å². The highest BCUT2D eigenvalue weighted by Gasteiger charge is 2.28. The molecule has 0 aliphatic heterocycles. The third-order valence-electron chi connectivity index (χ3n) is 6.29. The maximum atomic E-state index is 11.8. The van der Waals surface area contributed by atoms with Gasteiger partial charge in [-0.25, -0.2) is 19.9 Å². The summed E-state index contributed by atoms with van der Waals surface area (Å²) in [7, 11) is 4.02. The summed E-state index contributed by atoms with van der Waals surface area (Å²) in [4.78, 5) is 34.1. The van der Waals surface area contributed by atoms with E-state index in [1.54, 1.807) is 6.20 Å². The van der Waals surface area contributed by atoms with Gasteiger partial charge >= 0.3 is 5.97 Å². The van der Waals surface area contributed by atoms with Gasteiger partial charge in [0.15, 0.2) is 5.82 Å². The number of nitrogens with one attached hydrogen (secondary N) is 1. The number of esters is 1. The third kappa shape index (κ3) is 5.71. The zero-order valence-electron chi connectivity index (χ0n) is 19.7. The van der Waals surface area contributed by atoms with Gasteiger partial charge in [0.25, 0.3) is 0 Å². The van der Waals surface area contributed by atoms with E-state index in [1.165, 1.54) is 6.33 Å². The summed E-state index contributed by atoms with van der Waals surface area (Å²) in [6.45, 7) is 2.57. The second kappa shape index (κ2) is 10.9. The molecule has 0 saturated heterocycles. The third-order valence-corrected chi connectivity index (χ3v) is 6.52. The lowest BCUT2D eigenvalue weighted by Crippen LogP contribution is -2.43. The Bertz CT molecular complexity index is 1140. The molecule has 1 saturated carbocycles. The number of aromatic nitrogens is 4. The molecule has 2 heterocycles. The first kappa shape index (κ1) is 24.1. The van der Waals surface area contributed by atoms with E-state index in [2.05, 4.69) is 30.1 Å². The van der Waals surface area contributed by atoms with Crippen molar-refractivity contribution in [3.05, 3.63) is 41.8 Å². The first-order chi connectivity index (χ1) is 16.4. The maximum absolute atomic E-state index is 11.8. The second-order valence-electron chi connectivity index (χ2n) is 8.55. The lowest BCUT2D eigenvalue weighted by Gasteiger charge is -2.37. The molecule has 1 aliphatic rings. The van der Waals surface area contributed by atoms with E-state index >= 15 is 0 Å². The topological polar surface area (TPSA) is 96.4 Å². The van der Waals surface area contributed by atoms with Gasteiger partial charge in [0.05, 0.1) is 19.3 Å². The van der Waals surface area contributed by atoms with Crippen LogP contribution < -0.4 is 10.2 Å². The summed E-state index contributed by atoms with van der Waals surface area (Å²) in [6, 6.07) is 8.14. The van der Waals surface area contributed by atoms with Crippen LogP contribution in [0.2, 0.25) is 5.02 Å². The number of halogens is 1. The minimum Gasteiger partial charge on any atom is -0.465 e. The fourth-order valence-corrected chi connectivity index (χ4v) is 4.59. The molecule has 1 aliphatic carbocycles. The molecule has 0 atom stereocenters. The number of rotatable bonds is 8. The SMILES string of the molecule is CCOC(=O)CN(C)C1CCC(N(C)c2ncc3ncnc(Nc4cccc(Cl)c4)c3n2)CC1. The average molecular weight is 484 g/mol. The summed E-state index contributed by atoms with van der Waals surface area (Å²) < 4.78 is 5.08. The van der Waals surface area contributed by atoms with E-state index in [0.717, 1.165) is 31.4 Å². The number of benzene rings is 1. The van der Waals surface area contributed by atoms with E-state index in [9.17, 15) is 4.79 Å². The first-order valence-corrected chi connectivity index (χ1v) is 11.9. The Balaban J connectivity index is 1.45. The van der Waals surface area contributed by atoms with Crippen molar-refractivity contribution in [2.24, 2.45) is 0 Å². The van der Waals surface area contributed by atoms with Crippen molar-refractivity contribution in [1.29, 1.82) is 0 Å². The summed E-state index contributed by atoms with van der Waals surface area (Å²) >= 11 is 6.12. The average Bonchev–Trinajstić information content (AvgIpc) is 2.84. The molecular weight excluding hydrogens is 454 g/mol. The van der Waals surface area contributed by atoms with E-state index in [0.29, 0.717) is 53.1 Å². The van der Waals surface area contributed by atoms with Crippen molar-refractivity contribution in [2.45, 2.75) is 44.7 Å². The Hall–Kier alpha value is -3.04. The van der Waals surface area contributed by atoms with E-state index in [-0.39, 0.29) is 5.97 Å². The summed E-state index contributed by atoms with van der Waals surface area (Å²) in [6.07, 6.45) is 7.23. The van der Waals surface area contributed by atoms with Crippen molar-refractivity contribution in [1.82, 2.24) is 24.8 Å². The number of carbonyl (C=O) groups is 1. The zero-order chi connectivity index (χ0) is 24.1. The Morgan fingerprint density at radius 3 is 2.65 bits per heavy atom. The van der Waals surface area contributed by atoms with Crippen molar-refractivity contribution in [3.63, 3.8) is 0 Å². The second-order valence-corrected chi connectivity index (χ2v) is 8.99. The molecule has 2 aromatic heterocycles. The number of carbonyl (C=O) groups excluding carboxylic acids is 1. The van der Waals surface area contributed by atoms with Gasteiger partial charge in [-0.2, -0.15) is 0 Å². The molecule has 0 spiro atoms. The van der Waals surface area contributed by atoms with Crippen molar-refractivity contribution in [3.8, 4) is 0 Å². The molecule has 4 rings (SSSR count). The number of nitrogens with zero attached hydrogens (tertiary/aromatic N) is 6. The Morgan fingerprint density at radius 2 is 1.91 bits per heavy atom. The van der Waals surface area contributed by atoms with Crippen LogP contribution in [-0.2, 0) is 9.53 Å². The highest BCUT2D eigenvalue weighted by atomic mass is 35.5. The molecule has 1 N–H and O–H groups in total. The predicted octanol–water partition coefficient (Wildman–Crippen LogP) is 4.06. The van der Waals surface area contributed by atoms with Crippen molar-refractivity contribution in [2.75, 3.05) is 37.5 Å². The highest BCUT2D eigenvalue weighted by Crippen LogP contribution is 2.29. The summed E-state index contributed by atoms with van der Waals surface area (Å²) in [5.74, 6) is 1.08. The van der Waals surface area contributed by atoms with Gasteiger partial charge in [0.1, 0.15) is 17.4 Å². The smallest absolute Gasteiger partial charge is 0.320 e. The first-order valence-electron chi connectivity index (χ1n) is 11.5. The molecule has 180 valence electrons. The lowest BCUT2D eigenvalue weighted by atomic mass is 9.89. The van der Waals surface area contributed by atoms with Crippen LogP contribution in [0.15, 0.2) is 36.8 Å². The molecule has 10 heteroatoms. The number of ether oxygens (including phenoxy) is 1. The molecule has 0 unspecified atom stereocenters. The van der Waals surface area contributed by atoms with Gasteiger partial charge in [0.2, 0.25) is 5.95 Å². The van der Waals surface area contributed by atoms with Crippen LogP contribution in [0, 0.1) is 0 Å². The minimum atomic E-state index is -0.168. The molecule has 9 nitrogen and oxygen atoms in total. The molecule has 3 aromatic rings. The molecule has 0 radical (unpaired) electrons. The van der Waals surface area contributed by atoms with E-state index < -0.39 is 0 Å². The fraction of sp³-hybridized carbons (Fsp3) is 0.458. The quantitative estimate of drug-likeness (QED) is 0.475. The maximum Gasteiger partial charge on any atom is 0.320 e. The largest absolute Gasteiger partial charge is 0.465 e. The Kier molecular flexibility index (Phi) is 7.74. The predicted molar refractivity (Wildman–Crippen MR) is 134 cm³/mol. The number of hydrogen-bond acceptors (Lipinski definition) is 9. The molecular formula is C24H30ClN7O2. The summed E-state index contributed by atoms with van der Waals surface area (Å²) in [5, 5.41) is 3.93. The van der Waals surface area contributed by atoms with Crippen LogP contribution in [0.1, 0.15) is 32.6 Å². The minimum absolute atomic E-state index is 0.168. The molecule has 34 heavy (non-hydrogen) atoms. The van der Waals surface area contributed by atoms with Crippen LogP contribution in [0.4, 0.5) is 17.5 Å². The zero-order valence-corrected chi connectivity index (χ0v) is 20.5. The fourth-order valence-electron chi connectivity index (χ4n) is 4.40. The highest BCUT2D eigenvalue weighted by molar-refractivity contribution is 6.30. The number of hydrogen-bond donors (Lipinski definition) is 1. The van der Waals surface area contributed by atoms with Crippen LogP contribution >= 0.6 is 11.6 Å². The van der Waals surface area contributed by atoms with Crippen molar-refractivity contribution < 1.29 is 9.53 Å². The van der Waals surface area contributed by atoms with Gasteiger partial charge in [-0.3, -0.25) is 9.69 Å². The van der Waals surface area contributed by atoms with Crippen molar-refractivity contribution >= 4 is 46.1 Å². The normalized spacial score (nSPS) is 18.1. The van der Waals surface area contributed by atoms with Crippen LogP contribution in [0.3, 0.4) is 0 Å². The van der Waals surface area contributed by atoms with Crippen LogP contribution in [-0.4, -0.2) is 70.1 Å². The van der Waals surface area contributed by atoms with Crippen LogP contribution in [0.5, 0.6) is 0 Å². The standard InChI is InChI=1S/C24H30ClN7O2/c1-4-34-21(33)14-31(2)18-8-10-19(11-9-18)32(3)24-26-13-20-22(30-24)23(28-15-27-20)29-17-7-5-6-16(25)12-17/h5-7,12-13,15,18-19H,4,8-11,14H2,1-3H3,(H,27,28,29). The lowest BCUT2D eigenvalue weighted by molar-refractivity contribution is -0.144. The number of anilines is 3. The van der Waals surface area contributed by atoms with Gasteiger partial charge in [0, 0.05) is 29.8 Å². The molecule has 0 amide bonds. The number of likely N-dealkylation sites (N-methyl/N-ethyl adjacent to an activating group) is 1. The van der Waals surface area contributed by atoms with E-state index in [4.69, 9.17) is 21.3 Å². The number of fused-ring (bicyclic) bond motifs is 1. The van der Waals surface area contributed by atoms with E-state index in [1.807, 2.05) is 45.3 Å².